The fourth-order valence-corrected chi connectivity index (χ4v) is 2.03. The van der Waals surface area contributed by atoms with Gasteiger partial charge in [0.25, 0.3) is 0 Å². The second-order valence-corrected chi connectivity index (χ2v) is 5.08. The summed E-state index contributed by atoms with van der Waals surface area (Å²) in [6.07, 6.45) is 3.78. The summed E-state index contributed by atoms with van der Waals surface area (Å²) in [5.74, 6) is 0.265. The molecule has 0 radical (unpaired) electrons. The van der Waals surface area contributed by atoms with Crippen LogP contribution in [-0.4, -0.2) is 9.97 Å². The molecule has 0 amide bonds. The zero-order valence-corrected chi connectivity index (χ0v) is 11.5. The Labute approximate surface area is 113 Å². The molecule has 0 saturated carbocycles. The van der Waals surface area contributed by atoms with Gasteiger partial charge < -0.3 is 5.73 Å². The molecular weight excluding hydrogens is 297 g/mol. The van der Waals surface area contributed by atoms with Crippen molar-refractivity contribution in [3.63, 3.8) is 0 Å². The molecule has 1 aromatic carbocycles. The van der Waals surface area contributed by atoms with Crippen molar-refractivity contribution in [2.24, 2.45) is 5.73 Å². The Morgan fingerprint density at radius 3 is 2.67 bits per heavy atom. The van der Waals surface area contributed by atoms with Crippen molar-refractivity contribution in [2.75, 3.05) is 0 Å². The fourth-order valence-electron chi connectivity index (χ4n) is 1.62. The summed E-state index contributed by atoms with van der Waals surface area (Å²) < 4.78 is 14.4. The molecule has 3 nitrogen and oxygen atoms in total. The van der Waals surface area contributed by atoms with E-state index >= 15 is 0 Å². The summed E-state index contributed by atoms with van der Waals surface area (Å²) in [5.41, 5.74) is 7.52. The molecule has 0 saturated heterocycles. The van der Waals surface area contributed by atoms with Crippen LogP contribution >= 0.6 is 15.9 Å². The predicted octanol–water partition coefficient (Wildman–Crippen LogP) is 2.93. The van der Waals surface area contributed by atoms with E-state index in [2.05, 4.69) is 25.9 Å². The van der Waals surface area contributed by atoms with E-state index in [1.807, 2.05) is 6.92 Å². The molecule has 0 fully saturated rings. The molecule has 0 aliphatic rings. The third-order valence-electron chi connectivity index (χ3n) is 2.58. The third-order valence-corrected chi connectivity index (χ3v) is 3.07. The molecule has 1 atom stereocenters. The standard InChI is InChI=1S/C13H13BrFN3/c1-8-6-17-13(18-7-8)12(16)5-9-4-10(14)2-3-11(9)15/h2-4,6-7,12H,5,16H2,1H3. The van der Waals surface area contributed by atoms with E-state index in [0.717, 1.165) is 10.0 Å². The van der Waals surface area contributed by atoms with Crippen LogP contribution < -0.4 is 5.73 Å². The molecule has 0 bridgehead atoms. The van der Waals surface area contributed by atoms with Gasteiger partial charge in [0, 0.05) is 16.9 Å². The molecule has 1 heterocycles. The molecule has 0 spiro atoms. The third kappa shape index (κ3) is 3.11. The summed E-state index contributed by atoms with van der Waals surface area (Å²) >= 11 is 3.31. The van der Waals surface area contributed by atoms with E-state index in [-0.39, 0.29) is 5.82 Å². The van der Waals surface area contributed by atoms with E-state index in [1.54, 1.807) is 24.5 Å². The second-order valence-electron chi connectivity index (χ2n) is 4.16. The maximum atomic E-state index is 13.6. The van der Waals surface area contributed by atoms with Gasteiger partial charge in [-0.05, 0) is 42.7 Å². The Morgan fingerprint density at radius 2 is 2.00 bits per heavy atom. The quantitative estimate of drug-likeness (QED) is 0.948. The number of hydrogen-bond donors (Lipinski definition) is 1. The van der Waals surface area contributed by atoms with Crippen molar-refractivity contribution in [3.05, 3.63) is 57.8 Å². The highest BCUT2D eigenvalue weighted by atomic mass is 79.9. The van der Waals surface area contributed by atoms with Crippen LogP contribution in [-0.2, 0) is 6.42 Å². The second kappa shape index (κ2) is 5.54. The minimum atomic E-state index is -0.408. The first-order valence-electron chi connectivity index (χ1n) is 5.54. The molecule has 1 unspecified atom stereocenters. The van der Waals surface area contributed by atoms with Crippen LogP contribution in [0.2, 0.25) is 0 Å². The molecule has 2 aromatic rings. The van der Waals surface area contributed by atoms with Gasteiger partial charge in [0.2, 0.25) is 0 Å². The van der Waals surface area contributed by atoms with Crippen LogP contribution in [0, 0.1) is 12.7 Å². The van der Waals surface area contributed by atoms with Gasteiger partial charge in [-0.3, -0.25) is 0 Å². The number of aryl methyl sites for hydroxylation is 1. The topological polar surface area (TPSA) is 51.8 Å². The summed E-state index contributed by atoms with van der Waals surface area (Å²) in [6, 6.07) is 4.40. The van der Waals surface area contributed by atoms with Crippen LogP contribution in [0.15, 0.2) is 35.1 Å². The van der Waals surface area contributed by atoms with Crippen LogP contribution in [0.5, 0.6) is 0 Å². The van der Waals surface area contributed by atoms with E-state index in [4.69, 9.17) is 5.73 Å². The first-order chi connectivity index (χ1) is 8.56. The van der Waals surface area contributed by atoms with Crippen molar-refractivity contribution >= 4 is 15.9 Å². The average molecular weight is 310 g/mol. The Hall–Kier alpha value is -1.33. The van der Waals surface area contributed by atoms with Crippen molar-refractivity contribution in [2.45, 2.75) is 19.4 Å². The Kier molecular flexibility index (Phi) is 4.04. The van der Waals surface area contributed by atoms with Crippen LogP contribution in [0.1, 0.15) is 23.0 Å². The number of rotatable bonds is 3. The molecule has 94 valence electrons. The highest BCUT2D eigenvalue weighted by molar-refractivity contribution is 9.10. The summed E-state index contributed by atoms with van der Waals surface area (Å²) in [7, 11) is 0. The molecule has 2 N–H and O–H groups in total. The molecule has 2 rings (SSSR count). The maximum Gasteiger partial charge on any atom is 0.145 e. The first-order valence-corrected chi connectivity index (χ1v) is 6.33. The van der Waals surface area contributed by atoms with Crippen molar-refractivity contribution < 1.29 is 4.39 Å². The van der Waals surface area contributed by atoms with Gasteiger partial charge in [0.15, 0.2) is 0 Å². The molecule has 5 heteroatoms. The highest BCUT2D eigenvalue weighted by Crippen LogP contribution is 2.20. The number of aromatic nitrogens is 2. The minimum Gasteiger partial charge on any atom is -0.321 e. The number of nitrogens with zero attached hydrogens (tertiary/aromatic N) is 2. The largest absolute Gasteiger partial charge is 0.321 e. The van der Waals surface area contributed by atoms with Gasteiger partial charge in [-0.25, -0.2) is 14.4 Å². The summed E-state index contributed by atoms with van der Waals surface area (Å²) in [5, 5.41) is 0. The van der Waals surface area contributed by atoms with E-state index in [9.17, 15) is 4.39 Å². The molecular formula is C13H13BrFN3. The van der Waals surface area contributed by atoms with Gasteiger partial charge in [0.1, 0.15) is 11.6 Å². The van der Waals surface area contributed by atoms with Gasteiger partial charge in [-0.15, -0.1) is 0 Å². The van der Waals surface area contributed by atoms with Crippen molar-refractivity contribution in [1.82, 2.24) is 9.97 Å². The number of halogens is 2. The predicted molar refractivity (Wildman–Crippen MR) is 71.5 cm³/mol. The zero-order chi connectivity index (χ0) is 13.1. The lowest BCUT2D eigenvalue weighted by molar-refractivity contribution is 0.584. The minimum absolute atomic E-state index is 0.263. The lowest BCUT2D eigenvalue weighted by Crippen LogP contribution is -2.17. The van der Waals surface area contributed by atoms with E-state index in [0.29, 0.717) is 17.8 Å². The highest BCUT2D eigenvalue weighted by Gasteiger charge is 2.13. The average Bonchev–Trinajstić information content (AvgIpc) is 2.34. The lowest BCUT2D eigenvalue weighted by Gasteiger charge is -2.11. The number of nitrogens with two attached hydrogens (primary N) is 1. The van der Waals surface area contributed by atoms with E-state index in [1.165, 1.54) is 6.07 Å². The Morgan fingerprint density at radius 1 is 1.33 bits per heavy atom. The van der Waals surface area contributed by atoms with Crippen LogP contribution in [0.3, 0.4) is 0 Å². The molecule has 0 aliphatic heterocycles. The van der Waals surface area contributed by atoms with Gasteiger partial charge in [-0.2, -0.15) is 0 Å². The van der Waals surface area contributed by atoms with Gasteiger partial charge in [0.05, 0.1) is 6.04 Å². The van der Waals surface area contributed by atoms with Crippen LogP contribution in [0.4, 0.5) is 4.39 Å². The fraction of sp³-hybridized carbons (Fsp3) is 0.231. The molecule has 1 aromatic heterocycles. The van der Waals surface area contributed by atoms with Crippen molar-refractivity contribution in [3.8, 4) is 0 Å². The molecule has 18 heavy (non-hydrogen) atoms. The lowest BCUT2D eigenvalue weighted by atomic mass is 10.1. The van der Waals surface area contributed by atoms with Gasteiger partial charge >= 0.3 is 0 Å². The molecule has 0 aliphatic carbocycles. The zero-order valence-electron chi connectivity index (χ0n) is 9.90. The summed E-state index contributed by atoms with van der Waals surface area (Å²) in [6.45, 7) is 1.91. The SMILES string of the molecule is Cc1cnc(C(N)Cc2cc(Br)ccc2F)nc1. The summed E-state index contributed by atoms with van der Waals surface area (Å²) in [4.78, 5) is 8.31. The van der Waals surface area contributed by atoms with Crippen LogP contribution in [0.25, 0.3) is 0 Å². The first kappa shape index (κ1) is 13.1. The van der Waals surface area contributed by atoms with E-state index < -0.39 is 6.04 Å². The number of benzene rings is 1. The Balaban J connectivity index is 2.18. The number of hydrogen-bond acceptors (Lipinski definition) is 3. The smallest absolute Gasteiger partial charge is 0.145 e. The normalized spacial score (nSPS) is 12.4. The van der Waals surface area contributed by atoms with Gasteiger partial charge in [-0.1, -0.05) is 15.9 Å². The van der Waals surface area contributed by atoms with Crippen molar-refractivity contribution in [1.29, 1.82) is 0 Å². The maximum absolute atomic E-state index is 13.6. The monoisotopic (exact) mass is 309 g/mol. The Bertz CT molecular complexity index is 542.